The van der Waals surface area contributed by atoms with Crippen LogP contribution in [0.1, 0.15) is 40.4 Å². The van der Waals surface area contributed by atoms with Gasteiger partial charge in [-0.1, -0.05) is 25.1 Å². The van der Waals surface area contributed by atoms with Crippen molar-refractivity contribution in [2.45, 2.75) is 32.9 Å². The van der Waals surface area contributed by atoms with Gasteiger partial charge in [-0.3, -0.25) is 9.78 Å². The summed E-state index contributed by atoms with van der Waals surface area (Å²) in [6, 6.07) is 6.34. The summed E-state index contributed by atoms with van der Waals surface area (Å²) in [6.45, 7) is 4.97. The Morgan fingerprint density at radius 1 is 1.10 bits per heavy atom. The van der Waals surface area contributed by atoms with E-state index in [2.05, 4.69) is 10.3 Å². The van der Waals surface area contributed by atoms with Gasteiger partial charge in [0.1, 0.15) is 0 Å². The molecule has 0 aliphatic carbocycles. The summed E-state index contributed by atoms with van der Waals surface area (Å²) in [5, 5.41) is 2.96. The molecule has 1 saturated heterocycles. The molecule has 0 bridgehead atoms. The van der Waals surface area contributed by atoms with Crippen LogP contribution in [-0.4, -0.2) is 52.9 Å². The molecule has 1 fully saturated rings. The molecule has 6 nitrogen and oxygen atoms in total. The van der Waals surface area contributed by atoms with E-state index in [0.29, 0.717) is 13.0 Å². The van der Waals surface area contributed by atoms with Crippen LogP contribution in [0, 0.1) is 6.92 Å². The van der Waals surface area contributed by atoms with Crippen LogP contribution >= 0.6 is 0 Å². The number of aryl methyl sites for hydroxylation is 2. The second-order valence-electron chi connectivity index (χ2n) is 7.44. The lowest BCUT2D eigenvalue weighted by Gasteiger charge is -2.24. The number of benzene rings is 1. The molecular formula is C22H25F3N4O2. The highest BCUT2D eigenvalue weighted by molar-refractivity contribution is 5.96. The lowest BCUT2D eigenvalue weighted by molar-refractivity contribution is -0.138. The maximum atomic E-state index is 13.3. The minimum absolute atomic E-state index is 0.146. The Hall–Kier alpha value is -3.10. The topological polar surface area (TPSA) is 65.5 Å². The molecule has 0 atom stereocenters. The number of halogens is 3. The fourth-order valence-corrected chi connectivity index (χ4v) is 3.69. The van der Waals surface area contributed by atoms with Gasteiger partial charge < -0.3 is 15.1 Å². The van der Waals surface area contributed by atoms with Gasteiger partial charge in [-0.05, 0) is 37.0 Å². The van der Waals surface area contributed by atoms with Crippen molar-refractivity contribution in [1.29, 1.82) is 0 Å². The minimum Gasteiger partial charge on any atom is -0.337 e. The third kappa shape index (κ3) is 5.15. The van der Waals surface area contributed by atoms with E-state index in [1.165, 1.54) is 4.90 Å². The Kier molecular flexibility index (Phi) is 6.82. The van der Waals surface area contributed by atoms with E-state index in [1.807, 2.05) is 32.0 Å². The van der Waals surface area contributed by atoms with Gasteiger partial charge in [-0.15, -0.1) is 0 Å². The van der Waals surface area contributed by atoms with Crippen LogP contribution in [-0.2, 0) is 12.6 Å². The van der Waals surface area contributed by atoms with E-state index in [9.17, 15) is 22.8 Å². The summed E-state index contributed by atoms with van der Waals surface area (Å²) in [5.41, 5.74) is 1.28. The second kappa shape index (κ2) is 9.36. The van der Waals surface area contributed by atoms with Gasteiger partial charge in [0.2, 0.25) is 0 Å². The number of para-hydroxylation sites is 1. The molecule has 3 rings (SSSR count). The molecule has 2 aromatic rings. The predicted octanol–water partition coefficient (Wildman–Crippen LogP) is 4.35. The summed E-state index contributed by atoms with van der Waals surface area (Å²) in [7, 11) is 0. The molecule has 1 aliphatic rings. The number of pyridine rings is 1. The Balaban J connectivity index is 1.70. The quantitative estimate of drug-likeness (QED) is 0.781. The van der Waals surface area contributed by atoms with E-state index in [4.69, 9.17) is 0 Å². The minimum atomic E-state index is -4.64. The fraction of sp³-hybridized carbons (Fsp3) is 0.409. The molecule has 0 unspecified atom stereocenters. The number of alkyl halides is 3. The number of carbonyl (C=O) groups excluding carboxylic acids is 2. The van der Waals surface area contributed by atoms with E-state index in [0.717, 1.165) is 41.7 Å². The lowest BCUT2D eigenvalue weighted by Crippen LogP contribution is -2.39. The monoisotopic (exact) mass is 434 g/mol. The lowest BCUT2D eigenvalue weighted by atomic mass is 10.1. The summed E-state index contributed by atoms with van der Waals surface area (Å²) in [4.78, 5) is 32.2. The summed E-state index contributed by atoms with van der Waals surface area (Å²) >= 11 is 0. The summed E-state index contributed by atoms with van der Waals surface area (Å²) < 4.78 is 39.8. The number of aromatic nitrogens is 1. The molecular weight excluding hydrogens is 409 g/mol. The first-order valence-electron chi connectivity index (χ1n) is 10.2. The van der Waals surface area contributed by atoms with Gasteiger partial charge in [0, 0.05) is 44.3 Å². The van der Waals surface area contributed by atoms with Gasteiger partial charge in [0.05, 0.1) is 11.1 Å². The van der Waals surface area contributed by atoms with Gasteiger partial charge in [-0.25, -0.2) is 4.79 Å². The van der Waals surface area contributed by atoms with Crippen LogP contribution in [0.3, 0.4) is 0 Å². The highest BCUT2D eigenvalue weighted by Gasteiger charge is 2.36. The Labute approximate surface area is 179 Å². The maximum Gasteiger partial charge on any atom is 0.417 e. The van der Waals surface area contributed by atoms with Crippen molar-refractivity contribution < 1.29 is 22.8 Å². The smallest absolute Gasteiger partial charge is 0.337 e. The zero-order chi connectivity index (χ0) is 22.6. The zero-order valence-electron chi connectivity index (χ0n) is 17.5. The van der Waals surface area contributed by atoms with Crippen molar-refractivity contribution in [2.75, 3.05) is 31.5 Å². The van der Waals surface area contributed by atoms with Crippen LogP contribution in [0.25, 0.3) is 0 Å². The fourth-order valence-electron chi connectivity index (χ4n) is 3.69. The normalized spacial score (nSPS) is 14.9. The van der Waals surface area contributed by atoms with E-state index in [-0.39, 0.29) is 25.7 Å². The van der Waals surface area contributed by atoms with E-state index < -0.39 is 23.2 Å². The number of nitrogens with zero attached hydrogens (tertiary/aromatic N) is 3. The molecule has 166 valence electrons. The molecule has 3 amide bonds. The Bertz CT molecular complexity index is 962. The van der Waals surface area contributed by atoms with Crippen molar-refractivity contribution in [3.63, 3.8) is 0 Å². The van der Waals surface area contributed by atoms with Gasteiger partial charge in [-0.2, -0.15) is 13.2 Å². The zero-order valence-corrected chi connectivity index (χ0v) is 17.5. The molecule has 2 heterocycles. The number of anilines is 1. The molecule has 1 aliphatic heterocycles. The number of hydrogen-bond donors (Lipinski definition) is 1. The average Bonchev–Trinajstić information content (AvgIpc) is 3.00. The molecule has 31 heavy (non-hydrogen) atoms. The number of carbonyl (C=O) groups is 2. The van der Waals surface area contributed by atoms with Crippen LogP contribution in [0.2, 0.25) is 0 Å². The number of rotatable bonds is 3. The van der Waals surface area contributed by atoms with Crippen LogP contribution < -0.4 is 5.32 Å². The van der Waals surface area contributed by atoms with Crippen molar-refractivity contribution >= 4 is 17.6 Å². The Morgan fingerprint density at radius 2 is 1.81 bits per heavy atom. The molecule has 0 saturated carbocycles. The molecule has 0 radical (unpaired) electrons. The van der Waals surface area contributed by atoms with Crippen molar-refractivity contribution in [3.8, 4) is 0 Å². The largest absolute Gasteiger partial charge is 0.417 e. The summed E-state index contributed by atoms with van der Waals surface area (Å²) in [6.07, 6.45) is -1.44. The highest BCUT2D eigenvalue weighted by atomic mass is 19.4. The molecule has 0 spiro atoms. The first-order chi connectivity index (χ1) is 14.7. The van der Waals surface area contributed by atoms with Crippen LogP contribution in [0.4, 0.5) is 23.7 Å². The van der Waals surface area contributed by atoms with Gasteiger partial charge in [0.25, 0.3) is 5.91 Å². The molecule has 1 N–H and O–H groups in total. The first-order valence-corrected chi connectivity index (χ1v) is 10.2. The number of hydrogen-bond acceptors (Lipinski definition) is 3. The molecule has 1 aromatic heterocycles. The average molecular weight is 434 g/mol. The van der Waals surface area contributed by atoms with Gasteiger partial charge in [0.15, 0.2) is 0 Å². The Morgan fingerprint density at radius 3 is 2.52 bits per heavy atom. The maximum absolute atomic E-state index is 13.3. The molecule has 9 heteroatoms. The highest BCUT2D eigenvalue weighted by Crippen LogP contribution is 2.32. The van der Waals surface area contributed by atoms with E-state index in [1.54, 1.807) is 4.90 Å². The number of nitrogens with one attached hydrogen (secondary N) is 1. The van der Waals surface area contributed by atoms with Gasteiger partial charge >= 0.3 is 12.2 Å². The standard InChI is InChI=1S/C22H25F3N4O2/c1-3-16-7-4-6-15(2)19(16)27-21(31)29-11-5-10-28(12-13-29)20(30)17-14-26-9-8-18(17)22(23,24)25/h4,6-9,14H,3,5,10-13H2,1-2H3,(H,27,31). The third-order valence-corrected chi connectivity index (χ3v) is 5.40. The van der Waals surface area contributed by atoms with Crippen molar-refractivity contribution in [2.24, 2.45) is 0 Å². The summed E-state index contributed by atoms with van der Waals surface area (Å²) in [5.74, 6) is -0.727. The molecule has 1 aromatic carbocycles. The second-order valence-corrected chi connectivity index (χ2v) is 7.44. The predicted molar refractivity (Wildman–Crippen MR) is 111 cm³/mol. The van der Waals surface area contributed by atoms with Crippen LogP contribution in [0.15, 0.2) is 36.7 Å². The first kappa shape index (κ1) is 22.6. The van der Waals surface area contributed by atoms with Crippen molar-refractivity contribution in [3.05, 3.63) is 58.9 Å². The number of urea groups is 1. The SMILES string of the molecule is CCc1cccc(C)c1NC(=O)N1CCCN(C(=O)c2cnccc2C(F)(F)F)CC1. The van der Waals surface area contributed by atoms with E-state index >= 15 is 0 Å². The van der Waals surface area contributed by atoms with Crippen LogP contribution in [0.5, 0.6) is 0 Å². The third-order valence-electron chi connectivity index (χ3n) is 5.40. The number of amides is 3. The van der Waals surface area contributed by atoms with Crippen molar-refractivity contribution in [1.82, 2.24) is 14.8 Å².